The van der Waals surface area contributed by atoms with Crippen molar-refractivity contribution in [2.45, 2.75) is 13.0 Å². The van der Waals surface area contributed by atoms with E-state index < -0.39 is 0 Å². The standard InChI is InChI=1S/C19H21N3O3/c1-22-12-21-15-8-14(4-6-16(15)22)11-20-19(23)10-13-5-7-17(24-2)18(9-13)25-3/h4-9,12H,10-11H2,1-3H3,(H,20,23). The molecule has 0 aliphatic rings. The predicted molar refractivity (Wildman–Crippen MR) is 95.8 cm³/mol. The quantitative estimate of drug-likeness (QED) is 0.749. The highest BCUT2D eigenvalue weighted by atomic mass is 16.5. The molecular weight excluding hydrogens is 318 g/mol. The van der Waals surface area contributed by atoms with Crippen LogP contribution in [-0.2, 0) is 24.8 Å². The maximum Gasteiger partial charge on any atom is 0.224 e. The van der Waals surface area contributed by atoms with E-state index in [2.05, 4.69) is 10.3 Å². The first-order valence-electron chi connectivity index (χ1n) is 7.98. The fourth-order valence-electron chi connectivity index (χ4n) is 2.73. The largest absolute Gasteiger partial charge is 0.493 e. The van der Waals surface area contributed by atoms with Gasteiger partial charge in [0.1, 0.15) is 0 Å². The number of nitrogens with one attached hydrogen (secondary N) is 1. The van der Waals surface area contributed by atoms with Crippen molar-refractivity contribution in [2.75, 3.05) is 14.2 Å². The monoisotopic (exact) mass is 339 g/mol. The average Bonchev–Trinajstić information content (AvgIpc) is 3.00. The number of hydrogen-bond donors (Lipinski definition) is 1. The highest BCUT2D eigenvalue weighted by Crippen LogP contribution is 2.27. The Balaban J connectivity index is 1.62. The second-order valence-corrected chi connectivity index (χ2v) is 5.82. The number of amides is 1. The number of nitrogens with zero attached hydrogens (tertiary/aromatic N) is 2. The summed E-state index contributed by atoms with van der Waals surface area (Å²) in [6.07, 6.45) is 2.07. The Hall–Kier alpha value is -3.02. The van der Waals surface area contributed by atoms with Crippen molar-refractivity contribution in [3.8, 4) is 11.5 Å². The molecule has 0 unspecified atom stereocenters. The van der Waals surface area contributed by atoms with Crippen LogP contribution in [0.1, 0.15) is 11.1 Å². The number of ether oxygens (including phenoxy) is 2. The summed E-state index contributed by atoms with van der Waals surface area (Å²) in [5.41, 5.74) is 3.89. The van der Waals surface area contributed by atoms with E-state index in [1.165, 1.54) is 0 Å². The Morgan fingerprint density at radius 2 is 1.84 bits per heavy atom. The first-order chi connectivity index (χ1) is 12.1. The Kier molecular flexibility index (Phi) is 4.88. The number of benzene rings is 2. The molecule has 2 aromatic carbocycles. The third-order valence-electron chi connectivity index (χ3n) is 4.09. The normalized spacial score (nSPS) is 10.7. The molecule has 0 saturated carbocycles. The molecule has 0 fully saturated rings. The zero-order valence-electron chi connectivity index (χ0n) is 14.6. The topological polar surface area (TPSA) is 65.4 Å². The van der Waals surface area contributed by atoms with Crippen molar-refractivity contribution in [3.63, 3.8) is 0 Å². The number of aryl methyl sites for hydroxylation is 1. The summed E-state index contributed by atoms with van der Waals surface area (Å²) in [5.74, 6) is 1.22. The summed E-state index contributed by atoms with van der Waals surface area (Å²) in [6, 6.07) is 11.5. The summed E-state index contributed by atoms with van der Waals surface area (Å²) in [5, 5.41) is 2.94. The molecule has 1 amide bonds. The third-order valence-corrected chi connectivity index (χ3v) is 4.09. The van der Waals surface area contributed by atoms with Gasteiger partial charge in [-0.05, 0) is 35.4 Å². The van der Waals surface area contributed by atoms with Gasteiger partial charge in [0.05, 0.1) is 38.0 Å². The van der Waals surface area contributed by atoms with Gasteiger partial charge in [0, 0.05) is 13.6 Å². The Bertz CT molecular complexity index is 902. The maximum absolute atomic E-state index is 12.2. The molecule has 1 heterocycles. The Morgan fingerprint density at radius 3 is 2.60 bits per heavy atom. The van der Waals surface area contributed by atoms with E-state index in [0.717, 1.165) is 22.2 Å². The highest BCUT2D eigenvalue weighted by molar-refractivity contribution is 5.79. The molecule has 0 atom stereocenters. The van der Waals surface area contributed by atoms with Crippen LogP contribution in [0, 0.1) is 0 Å². The number of carbonyl (C=O) groups is 1. The predicted octanol–water partition coefficient (Wildman–Crippen LogP) is 2.45. The number of aromatic nitrogens is 2. The van der Waals surface area contributed by atoms with E-state index in [9.17, 15) is 4.79 Å². The lowest BCUT2D eigenvalue weighted by molar-refractivity contribution is -0.120. The number of rotatable bonds is 6. The zero-order chi connectivity index (χ0) is 17.8. The minimum Gasteiger partial charge on any atom is -0.493 e. The van der Waals surface area contributed by atoms with Crippen LogP contribution in [0.3, 0.4) is 0 Å². The first kappa shape index (κ1) is 16.8. The van der Waals surface area contributed by atoms with Gasteiger partial charge in [0.2, 0.25) is 5.91 Å². The molecule has 3 rings (SSSR count). The van der Waals surface area contributed by atoms with Crippen LogP contribution in [0.25, 0.3) is 11.0 Å². The van der Waals surface area contributed by atoms with Gasteiger partial charge in [-0.2, -0.15) is 0 Å². The van der Waals surface area contributed by atoms with Gasteiger partial charge in [0.15, 0.2) is 11.5 Å². The molecule has 3 aromatic rings. The second kappa shape index (κ2) is 7.25. The lowest BCUT2D eigenvalue weighted by Gasteiger charge is -2.10. The van der Waals surface area contributed by atoms with Crippen molar-refractivity contribution in [1.29, 1.82) is 0 Å². The number of hydrogen-bond acceptors (Lipinski definition) is 4. The Morgan fingerprint density at radius 1 is 1.08 bits per heavy atom. The zero-order valence-corrected chi connectivity index (χ0v) is 14.6. The molecule has 0 radical (unpaired) electrons. The molecule has 130 valence electrons. The van der Waals surface area contributed by atoms with Crippen LogP contribution in [0.4, 0.5) is 0 Å². The van der Waals surface area contributed by atoms with Gasteiger partial charge < -0.3 is 19.4 Å². The molecular formula is C19H21N3O3. The highest BCUT2D eigenvalue weighted by Gasteiger charge is 2.09. The molecule has 0 aliphatic carbocycles. The molecule has 25 heavy (non-hydrogen) atoms. The van der Waals surface area contributed by atoms with Crippen molar-refractivity contribution in [1.82, 2.24) is 14.9 Å². The minimum atomic E-state index is -0.0478. The van der Waals surface area contributed by atoms with Crippen molar-refractivity contribution < 1.29 is 14.3 Å². The summed E-state index contributed by atoms with van der Waals surface area (Å²) < 4.78 is 12.4. The van der Waals surface area contributed by atoms with Crippen LogP contribution in [0.5, 0.6) is 11.5 Å². The second-order valence-electron chi connectivity index (χ2n) is 5.82. The minimum absolute atomic E-state index is 0.0478. The number of methoxy groups -OCH3 is 2. The van der Waals surface area contributed by atoms with E-state index in [4.69, 9.17) is 9.47 Å². The van der Waals surface area contributed by atoms with Crippen LogP contribution in [0.15, 0.2) is 42.7 Å². The molecule has 6 heteroatoms. The van der Waals surface area contributed by atoms with Gasteiger partial charge in [-0.15, -0.1) is 0 Å². The summed E-state index contributed by atoms with van der Waals surface area (Å²) in [6.45, 7) is 0.471. The molecule has 1 N–H and O–H groups in total. The van der Waals surface area contributed by atoms with E-state index in [1.54, 1.807) is 26.6 Å². The average molecular weight is 339 g/mol. The van der Waals surface area contributed by atoms with Crippen molar-refractivity contribution in [2.24, 2.45) is 7.05 Å². The van der Waals surface area contributed by atoms with E-state index >= 15 is 0 Å². The van der Waals surface area contributed by atoms with Gasteiger partial charge >= 0.3 is 0 Å². The molecule has 0 bridgehead atoms. The molecule has 0 saturated heterocycles. The van der Waals surface area contributed by atoms with Gasteiger partial charge in [-0.25, -0.2) is 4.98 Å². The lowest BCUT2D eigenvalue weighted by atomic mass is 10.1. The lowest BCUT2D eigenvalue weighted by Crippen LogP contribution is -2.24. The van der Waals surface area contributed by atoms with Crippen molar-refractivity contribution in [3.05, 3.63) is 53.9 Å². The fraction of sp³-hybridized carbons (Fsp3) is 0.263. The molecule has 0 aliphatic heterocycles. The van der Waals surface area contributed by atoms with Crippen LogP contribution in [-0.4, -0.2) is 29.7 Å². The van der Waals surface area contributed by atoms with E-state index in [0.29, 0.717) is 18.0 Å². The smallest absolute Gasteiger partial charge is 0.224 e. The Labute approximate surface area is 146 Å². The van der Waals surface area contributed by atoms with Crippen molar-refractivity contribution >= 4 is 16.9 Å². The third kappa shape index (κ3) is 3.74. The number of carbonyl (C=O) groups excluding carboxylic acids is 1. The SMILES string of the molecule is COc1ccc(CC(=O)NCc2ccc3c(c2)ncn3C)cc1OC. The van der Waals surface area contributed by atoms with E-state index in [1.807, 2.05) is 41.9 Å². The van der Waals surface area contributed by atoms with Crippen LogP contribution < -0.4 is 14.8 Å². The summed E-state index contributed by atoms with van der Waals surface area (Å²) in [4.78, 5) is 16.5. The number of imidazole rings is 1. The molecule has 0 spiro atoms. The molecule has 1 aromatic heterocycles. The van der Waals surface area contributed by atoms with E-state index in [-0.39, 0.29) is 12.3 Å². The summed E-state index contributed by atoms with van der Waals surface area (Å²) in [7, 11) is 5.12. The fourth-order valence-corrected chi connectivity index (χ4v) is 2.73. The van der Waals surface area contributed by atoms with Gasteiger partial charge in [-0.3, -0.25) is 4.79 Å². The maximum atomic E-state index is 12.2. The van der Waals surface area contributed by atoms with Crippen LogP contribution in [0.2, 0.25) is 0 Å². The summed E-state index contributed by atoms with van der Waals surface area (Å²) >= 11 is 0. The molecule has 6 nitrogen and oxygen atoms in total. The van der Waals surface area contributed by atoms with Gasteiger partial charge in [-0.1, -0.05) is 12.1 Å². The van der Waals surface area contributed by atoms with Gasteiger partial charge in [0.25, 0.3) is 0 Å². The van der Waals surface area contributed by atoms with Crippen LogP contribution >= 0.6 is 0 Å². The first-order valence-corrected chi connectivity index (χ1v) is 7.98. The number of fused-ring (bicyclic) bond motifs is 1.